The standard InChI is InChI=1S/C25H34N2O5S/c1-3-5-16-32-23-10-6-20(7-11-23)12-13-26-25(28)22-9-8-21(4-2)24(19-22)33(29,30)27-14-17-31-18-15-27/h6-11,19H,3-5,12-18H2,1-2H3,(H,26,28). The number of benzene rings is 2. The molecule has 1 fully saturated rings. The van der Waals surface area contributed by atoms with E-state index >= 15 is 0 Å². The van der Waals surface area contributed by atoms with E-state index in [1.54, 1.807) is 12.1 Å². The fourth-order valence-corrected chi connectivity index (χ4v) is 5.39. The van der Waals surface area contributed by atoms with Crippen LogP contribution in [0.1, 0.15) is 48.2 Å². The van der Waals surface area contributed by atoms with Crippen LogP contribution in [0.3, 0.4) is 0 Å². The van der Waals surface area contributed by atoms with Gasteiger partial charge in [0.2, 0.25) is 10.0 Å². The lowest BCUT2D eigenvalue weighted by molar-refractivity contribution is 0.0730. The molecule has 7 nitrogen and oxygen atoms in total. The number of hydrogen-bond acceptors (Lipinski definition) is 5. The molecule has 3 rings (SSSR count). The van der Waals surface area contributed by atoms with E-state index in [4.69, 9.17) is 9.47 Å². The van der Waals surface area contributed by atoms with Crippen LogP contribution in [-0.2, 0) is 27.6 Å². The summed E-state index contributed by atoms with van der Waals surface area (Å²) in [6.07, 6.45) is 3.37. The van der Waals surface area contributed by atoms with Gasteiger partial charge in [0.15, 0.2) is 0 Å². The van der Waals surface area contributed by atoms with Crippen molar-refractivity contribution in [2.24, 2.45) is 0 Å². The topological polar surface area (TPSA) is 84.9 Å². The first-order chi connectivity index (χ1) is 16.0. The van der Waals surface area contributed by atoms with E-state index in [0.717, 1.165) is 24.2 Å². The van der Waals surface area contributed by atoms with E-state index in [9.17, 15) is 13.2 Å². The molecule has 0 radical (unpaired) electrons. The fraction of sp³-hybridized carbons (Fsp3) is 0.480. The summed E-state index contributed by atoms with van der Waals surface area (Å²) in [7, 11) is -3.68. The van der Waals surface area contributed by atoms with E-state index in [1.165, 1.54) is 10.4 Å². The lowest BCUT2D eigenvalue weighted by Gasteiger charge is -2.27. The number of hydrogen-bond donors (Lipinski definition) is 1. The molecular weight excluding hydrogens is 440 g/mol. The molecule has 33 heavy (non-hydrogen) atoms. The van der Waals surface area contributed by atoms with Crippen LogP contribution >= 0.6 is 0 Å². The Balaban J connectivity index is 1.61. The van der Waals surface area contributed by atoms with Crippen molar-refractivity contribution in [2.45, 2.75) is 44.4 Å². The second-order valence-electron chi connectivity index (χ2n) is 8.04. The van der Waals surface area contributed by atoms with Gasteiger partial charge in [0.05, 0.1) is 24.7 Å². The molecule has 2 aromatic rings. The number of sulfonamides is 1. The summed E-state index contributed by atoms with van der Waals surface area (Å²) in [5, 5.41) is 2.90. The van der Waals surface area contributed by atoms with Gasteiger partial charge < -0.3 is 14.8 Å². The molecule has 1 aliphatic rings. The molecule has 0 unspecified atom stereocenters. The van der Waals surface area contributed by atoms with Crippen LogP contribution < -0.4 is 10.1 Å². The predicted octanol–water partition coefficient (Wildman–Crippen LogP) is 3.42. The van der Waals surface area contributed by atoms with Gasteiger partial charge in [0.1, 0.15) is 5.75 Å². The molecule has 1 amide bonds. The molecule has 2 aromatic carbocycles. The van der Waals surface area contributed by atoms with Crippen LogP contribution in [0.15, 0.2) is 47.4 Å². The van der Waals surface area contributed by atoms with E-state index in [-0.39, 0.29) is 10.8 Å². The minimum absolute atomic E-state index is 0.207. The summed E-state index contributed by atoms with van der Waals surface area (Å²) in [6, 6.07) is 12.8. The highest BCUT2D eigenvalue weighted by Crippen LogP contribution is 2.23. The van der Waals surface area contributed by atoms with Crippen molar-refractivity contribution in [2.75, 3.05) is 39.5 Å². The van der Waals surface area contributed by atoms with Gasteiger partial charge in [-0.1, -0.05) is 38.5 Å². The molecule has 1 saturated heterocycles. The average molecular weight is 475 g/mol. The SMILES string of the molecule is CCCCOc1ccc(CCNC(=O)c2ccc(CC)c(S(=O)(=O)N3CCOCC3)c2)cc1. The number of aryl methyl sites for hydroxylation is 1. The van der Waals surface area contributed by atoms with Gasteiger partial charge in [0.25, 0.3) is 5.91 Å². The average Bonchev–Trinajstić information content (AvgIpc) is 2.85. The molecule has 1 aliphatic heterocycles. The number of nitrogens with one attached hydrogen (secondary N) is 1. The molecule has 0 bridgehead atoms. The number of ether oxygens (including phenoxy) is 2. The molecule has 8 heteroatoms. The Bertz CT molecular complexity index is 1020. The molecule has 0 atom stereocenters. The highest BCUT2D eigenvalue weighted by Gasteiger charge is 2.29. The molecule has 0 saturated carbocycles. The van der Waals surface area contributed by atoms with Gasteiger partial charge in [0, 0.05) is 25.2 Å². The zero-order valence-electron chi connectivity index (χ0n) is 19.5. The third-order valence-corrected chi connectivity index (χ3v) is 7.67. The number of carbonyl (C=O) groups is 1. The van der Waals surface area contributed by atoms with Gasteiger partial charge >= 0.3 is 0 Å². The Labute approximate surface area is 197 Å². The first-order valence-corrected chi connectivity index (χ1v) is 13.1. The summed E-state index contributed by atoms with van der Waals surface area (Å²) in [5.74, 6) is 0.567. The lowest BCUT2D eigenvalue weighted by Crippen LogP contribution is -2.41. The van der Waals surface area contributed by atoms with E-state index < -0.39 is 10.0 Å². The van der Waals surface area contributed by atoms with Crippen LogP contribution in [0.25, 0.3) is 0 Å². The summed E-state index contributed by atoms with van der Waals surface area (Å²) in [6.45, 7) is 6.62. The molecule has 0 aromatic heterocycles. The normalized spacial score (nSPS) is 14.7. The van der Waals surface area contributed by atoms with Crippen molar-refractivity contribution in [3.63, 3.8) is 0 Å². The van der Waals surface area contributed by atoms with Crippen molar-refractivity contribution in [1.82, 2.24) is 9.62 Å². The van der Waals surface area contributed by atoms with Crippen molar-refractivity contribution in [1.29, 1.82) is 0 Å². The molecule has 180 valence electrons. The van der Waals surface area contributed by atoms with Gasteiger partial charge in [-0.05, 0) is 54.7 Å². The number of unbranched alkanes of at least 4 members (excludes halogenated alkanes) is 1. The van der Waals surface area contributed by atoms with Crippen molar-refractivity contribution < 1.29 is 22.7 Å². The molecule has 1 N–H and O–H groups in total. The minimum atomic E-state index is -3.68. The van der Waals surface area contributed by atoms with E-state index in [2.05, 4.69) is 12.2 Å². The van der Waals surface area contributed by atoms with Crippen LogP contribution in [0.2, 0.25) is 0 Å². The van der Waals surface area contributed by atoms with Gasteiger partial charge in [-0.2, -0.15) is 4.31 Å². The van der Waals surface area contributed by atoms with Gasteiger partial charge in [-0.3, -0.25) is 4.79 Å². The molecule has 0 aliphatic carbocycles. The van der Waals surface area contributed by atoms with E-state index in [1.807, 2.05) is 31.2 Å². The summed E-state index contributed by atoms with van der Waals surface area (Å²) in [5.41, 5.74) is 2.15. The minimum Gasteiger partial charge on any atom is -0.494 e. The van der Waals surface area contributed by atoms with Crippen LogP contribution in [0, 0.1) is 0 Å². The molecule has 0 spiro atoms. The third-order valence-electron chi connectivity index (χ3n) is 5.69. The highest BCUT2D eigenvalue weighted by atomic mass is 32.2. The van der Waals surface area contributed by atoms with Crippen LogP contribution in [-0.4, -0.2) is 58.1 Å². The Morgan fingerprint density at radius 2 is 1.82 bits per heavy atom. The zero-order valence-corrected chi connectivity index (χ0v) is 20.3. The smallest absolute Gasteiger partial charge is 0.251 e. The number of nitrogens with zero attached hydrogens (tertiary/aromatic N) is 1. The number of morpholine rings is 1. The van der Waals surface area contributed by atoms with Crippen molar-refractivity contribution in [3.8, 4) is 5.75 Å². The maximum Gasteiger partial charge on any atom is 0.251 e. The maximum atomic E-state index is 13.2. The first kappa shape index (κ1) is 25.2. The lowest BCUT2D eigenvalue weighted by atomic mass is 10.1. The first-order valence-electron chi connectivity index (χ1n) is 11.7. The zero-order chi connectivity index (χ0) is 23.7. The number of rotatable bonds is 11. The third kappa shape index (κ3) is 6.79. The van der Waals surface area contributed by atoms with Crippen LogP contribution in [0.5, 0.6) is 5.75 Å². The Hall–Kier alpha value is -2.42. The second kappa shape index (κ2) is 12.2. The predicted molar refractivity (Wildman–Crippen MR) is 128 cm³/mol. The number of carbonyl (C=O) groups excluding carboxylic acids is 1. The second-order valence-corrected chi connectivity index (χ2v) is 9.95. The highest BCUT2D eigenvalue weighted by molar-refractivity contribution is 7.89. The fourth-order valence-electron chi connectivity index (χ4n) is 3.66. The van der Waals surface area contributed by atoms with Gasteiger partial charge in [-0.25, -0.2) is 8.42 Å². The monoisotopic (exact) mass is 474 g/mol. The van der Waals surface area contributed by atoms with Gasteiger partial charge in [-0.15, -0.1) is 0 Å². The summed E-state index contributed by atoms with van der Waals surface area (Å²) < 4.78 is 38.7. The van der Waals surface area contributed by atoms with E-state index in [0.29, 0.717) is 63.4 Å². The van der Waals surface area contributed by atoms with Crippen molar-refractivity contribution in [3.05, 3.63) is 59.2 Å². The van der Waals surface area contributed by atoms with Crippen LogP contribution in [0.4, 0.5) is 0 Å². The largest absolute Gasteiger partial charge is 0.494 e. The summed E-state index contributed by atoms with van der Waals surface area (Å²) in [4.78, 5) is 12.9. The van der Waals surface area contributed by atoms with Crippen molar-refractivity contribution >= 4 is 15.9 Å². The quantitative estimate of drug-likeness (QED) is 0.505. The Kier molecular flexibility index (Phi) is 9.29. The Morgan fingerprint density at radius 3 is 2.48 bits per heavy atom. The molecular formula is C25H34N2O5S. The maximum absolute atomic E-state index is 13.2. The number of amides is 1. The Morgan fingerprint density at radius 1 is 1.09 bits per heavy atom. The molecule has 1 heterocycles. The summed E-state index contributed by atoms with van der Waals surface area (Å²) >= 11 is 0.